The quantitative estimate of drug-likeness (QED) is 0.193. The molecule has 0 aliphatic carbocycles. The van der Waals surface area contributed by atoms with Gasteiger partial charge >= 0.3 is 0 Å². The van der Waals surface area contributed by atoms with Gasteiger partial charge in [-0.15, -0.1) is 10.2 Å². The van der Waals surface area contributed by atoms with E-state index in [2.05, 4.69) is 20.7 Å². The number of carbonyl (C=O) groups excluding carboxylic acids is 1. The van der Waals surface area contributed by atoms with E-state index >= 15 is 0 Å². The minimum absolute atomic E-state index is 0.124. The molecule has 0 atom stereocenters. The highest BCUT2D eigenvalue weighted by atomic mass is 35.5. The van der Waals surface area contributed by atoms with Crippen LogP contribution in [0.1, 0.15) is 18.1 Å². The Balaban J connectivity index is 1.51. The summed E-state index contributed by atoms with van der Waals surface area (Å²) in [6.07, 6.45) is 0. The van der Waals surface area contributed by atoms with Gasteiger partial charge < -0.3 is 4.74 Å². The molecule has 178 valence electrons. The van der Waals surface area contributed by atoms with Crippen molar-refractivity contribution in [3.8, 4) is 22.8 Å². The summed E-state index contributed by atoms with van der Waals surface area (Å²) < 4.78 is 7.09. The predicted octanol–water partition coefficient (Wildman–Crippen LogP) is 5.54. The van der Waals surface area contributed by atoms with E-state index in [1.54, 1.807) is 7.11 Å². The molecule has 0 aliphatic rings. The van der Waals surface area contributed by atoms with Crippen LogP contribution < -0.4 is 10.2 Å². The molecule has 0 bridgehead atoms. The van der Waals surface area contributed by atoms with E-state index in [4.69, 9.17) is 16.3 Å². The Morgan fingerprint density at radius 3 is 2.37 bits per heavy atom. The summed E-state index contributed by atoms with van der Waals surface area (Å²) in [6.45, 7) is 3.87. The van der Waals surface area contributed by atoms with E-state index in [9.17, 15) is 4.79 Å². The van der Waals surface area contributed by atoms with Crippen molar-refractivity contribution in [3.63, 3.8) is 0 Å². The Labute approximate surface area is 213 Å². The van der Waals surface area contributed by atoms with Crippen LogP contribution in [0.2, 0.25) is 5.02 Å². The van der Waals surface area contributed by atoms with Crippen molar-refractivity contribution in [1.82, 2.24) is 20.2 Å². The third-order valence-electron chi connectivity index (χ3n) is 5.22. The lowest BCUT2D eigenvalue weighted by Gasteiger charge is -2.10. The van der Waals surface area contributed by atoms with Crippen molar-refractivity contribution in [2.45, 2.75) is 19.0 Å². The molecule has 0 aliphatic heterocycles. The standard InChI is InChI=1S/C26H24ClN5O2S/c1-17-4-6-20(7-5-17)25-30-31-26(32(25)22-12-10-21(27)11-13-22)35-16-24(33)29-28-18(2)19-8-14-23(34-3)15-9-19/h4-15H,16H2,1-3H3,(H,29,33)/b28-18+. The number of methoxy groups -OCH3 is 1. The van der Waals surface area contributed by atoms with Gasteiger partial charge in [-0.2, -0.15) is 5.10 Å². The number of nitrogens with zero attached hydrogens (tertiary/aromatic N) is 4. The van der Waals surface area contributed by atoms with Gasteiger partial charge in [-0.3, -0.25) is 9.36 Å². The van der Waals surface area contributed by atoms with Crippen LogP contribution in [0.3, 0.4) is 0 Å². The van der Waals surface area contributed by atoms with Crippen molar-refractivity contribution < 1.29 is 9.53 Å². The first-order chi connectivity index (χ1) is 16.9. The molecule has 1 aromatic heterocycles. The molecule has 9 heteroatoms. The summed E-state index contributed by atoms with van der Waals surface area (Å²) in [5, 5.41) is 14.2. The maximum absolute atomic E-state index is 12.5. The van der Waals surface area contributed by atoms with Crippen LogP contribution >= 0.6 is 23.4 Å². The molecule has 3 aromatic carbocycles. The smallest absolute Gasteiger partial charge is 0.250 e. The molecule has 0 unspecified atom stereocenters. The number of nitrogens with one attached hydrogen (secondary N) is 1. The molecule has 4 rings (SSSR count). The van der Waals surface area contributed by atoms with Gasteiger partial charge in [0.1, 0.15) is 5.75 Å². The molecule has 1 N–H and O–H groups in total. The van der Waals surface area contributed by atoms with E-state index in [-0.39, 0.29) is 11.7 Å². The second-order valence-corrected chi connectivity index (χ2v) is 9.11. The first-order valence-corrected chi connectivity index (χ1v) is 12.2. The van der Waals surface area contributed by atoms with Crippen LogP contribution in [0.5, 0.6) is 5.75 Å². The van der Waals surface area contributed by atoms with Crippen LogP contribution in [0.4, 0.5) is 0 Å². The molecule has 1 amide bonds. The number of carbonyl (C=O) groups is 1. The van der Waals surface area contributed by atoms with E-state index in [1.807, 2.05) is 91.2 Å². The molecule has 4 aromatic rings. The molecular formula is C26H24ClN5O2S. The zero-order valence-corrected chi connectivity index (χ0v) is 21.1. The number of aromatic nitrogens is 3. The molecule has 0 saturated carbocycles. The highest BCUT2D eigenvalue weighted by molar-refractivity contribution is 7.99. The van der Waals surface area contributed by atoms with Gasteiger partial charge in [-0.05, 0) is 67.9 Å². The molecule has 1 heterocycles. The number of hydrogen-bond donors (Lipinski definition) is 1. The van der Waals surface area contributed by atoms with E-state index in [1.165, 1.54) is 11.8 Å². The van der Waals surface area contributed by atoms with Gasteiger partial charge in [-0.1, -0.05) is 53.2 Å². The number of hydrogen-bond acceptors (Lipinski definition) is 6. The number of hydrazone groups is 1. The summed E-state index contributed by atoms with van der Waals surface area (Å²) in [4.78, 5) is 12.5. The van der Waals surface area contributed by atoms with E-state index < -0.39 is 0 Å². The normalized spacial score (nSPS) is 11.4. The van der Waals surface area contributed by atoms with Crippen LogP contribution in [-0.4, -0.2) is 39.2 Å². The SMILES string of the molecule is COc1ccc(/C(C)=N/NC(=O)CSc2nnc(-c3ccc(C)cc3)n2-c2ccc(Cl)cc2)cc1. The Morgan fingerprint density at radius 1 is 1.03 bits per heavy atom. The van der Waals surface area contributed by atoms with E-state index in [0.717, 1.165) is 28.1 Å². The van der Waals surface area contributed by atoms with Crippen LogP contribution in [0.25, 0.3) is 17.1 Å². The van der Waals surface area contributed by atoms with E-state index in [0.29, 0.717) is 21.7 Å². The fraction of sp³-hybridized carbons (Fsp3) is 0.154. The second kappa shape index (κ2) is 11.2. The topological polar surface area (TPSA) is 81.4 Å². The predicted molar refractivity (Wildman–Crippen MR) is 141 cm³/mol. The molecule has 0 spiro atoms. The largest absolute Gasteiger partial charge is 0.497 e. The van der Waals surface area contributed by atoms with Crippen LogP contribution in [-0.2, 0) is 4.79 Å². The van der Waals surface area contributed by atoms with Crippen molar-refractivity contribution in [2.24, 2.45) is 5.10 Å². The minimum Gasteiger partial charge on any atom is -0.497 e. The summed E-state index contributed by atoms with van der Waals surface area (Å²) in [6, 6.07) is 23.0. The molecule has 0 fully saturated rings. The number of rotatable bonds is 8. The monoisotopic (exact) mass is 505 g/mol. The fourth-order valence-corrected chi connectivity index (χ4v) is 4.15. The molecule has 35 heavy (non-hydrogen) atoms. The number of aryl methyl sites for hydroxylation is 1. The molecular weight excluding hydrogens is 482 g/mol. The maximum Gasteiger partial charge on any atom is 0.250 e. The van der Waals surface area contributed by atoms with Crippen molar-refractivity contribution in [3.05, 3.63) is 88.9 Å². The molecule has 0 saturated heterocycles. The zero-order valence-electron chi connectivity index (χ0n) is 19.5. The van der Waals surface area contributed by atoms with Gasteiger partial charge in [-0.25, -0.2) is 5.43 Å². The summed E-state index contributed by atoms with van der Waals surface area (Å²) >= 11 is 7.38. The van der Waals surface area contributed by atoms with Gasteiger partial charge in [0.05, 0.1) is 18.6 Å². The maximum atomic E-state index is 12.5. The third kappa shape index (κ3) is 6.09. The van der Waals surface area contributed by atoms with Crippen LogP contribution in [0, 0.1) is 6.92 Å². The zero-order chi connectivity index (χ0) is 24.8. The van der Waals surface area contributed by atoms with Crippen molar-refractivity contribution >= 4 is 35.0 Å². The van der Waals surface area contributed by atoms with Crippen molar-refractivity contribution in [2.75, 3.05) is 12.9 Å². The van der Waals surface area contributed by atoms with Crippen LogP contribution in [0.15, 0.2) is 83.1 Å². The van der Waals surface area contributed by atoms with Gasteiger partial charge in [0.2, 0.25) is 0 Å². The number of benzene rings is 3. The highest BCUT2D eigenvalue weighted by Gasteiger charge is 2.17. The second-order valence-electron chi connectivity index (χ2n) is 7.73. The third-order valence-corrected chi connectivity index (χ3v) is 6.40. The first kappa shape index (κ1) is 24.5. The molecule has 0 radical (unpaired) electrons. The van der Waals surface area contributed by atoms with Gasteiger partial charge in [0.15, 0.2) is 11.0 Å². The number of amides is 1. The Bertz CT molecular complexity index is 1330. The first-order valence-electron chi connectivity index (χ1n) is 10.8. The number of halogens is 1. The number of thioether (sulfide) groups is 1. The van der Waals surface area contributed by atoms with Gasteiger partial charge in [0, 0.05) is 16.3 Å². The molecule has 7 nitrogen and oxygen atoms in total. The van der Waals surface area contributed by atoms with Gasteiger partial charge in [0.25, 0.3) is 5.91 Å². The fourth-order valence-electron chi connectivity index (χ4n) is 3.28. The Morgan fingerprint density at radius 2 is 1.71 bits per heavy atom. The minimum atomic E-state index is -0.245. The average Bonchev–Trinajstić information content (AvgIpc) is 3.31. The Kier molecular flexibility index (Phi) is 7.84. The number of ether oxygens (including phenoxy) is 1. The summed E-state index contributed by atoms with van der Waals surface area (Å²) in [5.74, 6) is 1.32. The Hall–Kier alpha value is -3.62. The summed E-state index contributed by atoms with van der Waals surface area (Å²) in [5.41, 5.74) is 7.13. The average molecular weight is 506 g/mol. The lowest BCUT2D eigenvalue weighted by atomic mass is 10.1. The highest BCUT2D eigenvalue weighted by Crippen LogP contribution is 2.28. The lowest BCUT2D eigenvalue weighted by molar-refractivity contribution is -0.118. The van der Waals surface area contributed by atoms with Crippen molar-refractivity contribution in [1.29, 1.82) is 0 Å². The summed E-state index contributed by atoms with van der Waals surface area (Å²) in [7, 11) is 1.62. The lowest BCUT2D eigenvalue weighted by Crippen LogP contribution is -2.21.